The van der Waals surface area contributed by atoms with Gasteiger partial charge in [0.2, 0.25) is 11.9 Å². The van der Waals surface area contributed by atoms with Crippen LogP contribution in [-0.4, -0.2) is 59.0 Å². The van der Waals surface area contributed by atoms with E-state index in [1.54, 1.807) is 12.4 Å². The zero-order valence-corrected chi connectivity index (χ0v) is 15.3. The molecule has 4 heterocycles. The van der Waals surface area contributed by atoms with Crippen molar-refractivity contribution in [1.82, 2.24) is 20.2 Å². The Labute approximate surface area is 150 Å². The molecule has 6 nitrogen and oxygen atoms in total. The fourth-order valence-corrected chi connectivity index (χ4v) is 4.92. The second-order valence-corrected chi connectivity index (χ2v) is 8.13. The predicted molar refractivity (Wildman–Crippen MR) is 97.2 cm³/mol. The fourth-order valence-electron chi connectivity index (χ4n) is 4.92. The third-order valence-electron chi connectivity index (χ3n) is 6.57. The van der Waals surface area contributed by atoms with Crippen molar-refractivity contribution in [2.45, 2.75) is 38.6 Å². The van der Waals surface area contributed by atoms with Gasteiger partial charge in [-0.3, -0.25) is 4.79 Å². The number of rotatable bonds is 4. The van der Waals surface area contributed by atoms with Crippen LogP contribution in [0.4, 0.5) is 5.95 Å². The molecule has 25 heavy (non-hydrogen) atoms. The summed E-state index contributed by atoms with van der Waals surface area (Å²) in [6, 6.07) is 1.85. The molecule has 3 saturated heterocycles. The van der Waals surface area contributed by atoms with E-state index in [2.05, 4.69) is 38.9 Å². The Kier molecular flexibility index (Phi) is 4.40. The molecule has 4 rings (SSSR count). The highest BCUT2D eigenvalue weighted by molar-refractivity contribution is 5.83. The number of hydrogen-bond donors (Lipinski definition) is 1. The number of nitrogens with zero attached hydrogens (tertiary/aromatic N) is 4. The summed E-state index contributed by atoms with van der Waals surface area (Å²) in [6.45, 7) is 9.51. The minimum absolute atomic E-state index is 0.0166. The number of nitrogens with one attached hydrogen (secondary N) is 1. The van der Waals surface area contributed by atoms with E-state index in [1.807, 2.05) is 6.07 Å². The van der Waals surface area contributed by atoms with Gasteiger partial charge in [0, 0.05) is 56.6 Å². The number of hydrogen-bond acceptors (Lipinski definition) is 5. The van der Waals surface area contributed by atoms with Crippen molar-refractivity contribution in [2.24, 2.45) is 17.8 Å². The summed E-state index contributed by atoms with van der Waals surface area (Å²) in [5.74, 6) is 2.44. The molecule has 0 aliphatic carbocycles. The van der Waals surface area contributed by atoms with E-state index in [0.717, 1.165) is 51.5 Å². The molecule has 136 valence electrons. The minimum Gasteiger partial charge on any atom is -0.350 e. The summed E-state index contributed by atoms with van der Waals surface area (Å²) >= 11 is 0. The molecule has 1 aromatic heterocycles. The van der Waals surface area contributed by atoms with Gasteiger partial charge in [-0.25, -0.2) is 9.97 Å². The normalized spacial score (nSPS) is 29.7. The number of piperidine rings is 1. The zero-order valence-electron chi connectivity index (χ0n) is 15.3. The Balaban J connectivity index is 1.44. The Morgan fingerprint density at radius 3 is 2.68 bits per heavy atom. The van der Waals surface area contributed by atoms with E-state index < -0.39 is 0 Å². The minimum atomic E-state index is -0.0166. The van der Waals surface area contributed by atoms with Crippen molar-refractivity contribution >= 4 is 11.9 Å². The monoisotopic (exact) mass is 343 g/mol. The van der Waals surface area contributed by atoms with Crippen LogP contribution in [0.25, 0.3) is 0 Å². The maximum atomic E-state index is 12.6. The summed E-state index contributed by atoms with van der Waals surface area (Å²) in [4.78, 5) is 26.1. The molecule has 1 N–H and O–H groups in total. The van der Waals surface area contributed by atoms with Crippen LogP contribution in [0.2, 0.25) is 0 Å². The Morgan fingerprint density at radius 2 is 2.00 bits per heavy atom. The SMILES string of the molecule is CC[C@H](C)CN1C[C@@H]2[C@@H](C1)C(=O)NC21CCN(c2ncccn2)CC1. The third kappa shape index (κ3) is 3.01. The Morgan fingerprint density at radius 1 is 1.28 bits per heavy atom. The van der Waals surface area contributed by atoms with Gasteiger partial charge in [0.1, 0.15) is 0 Å². The van der Waals surface area contributed by atoms with Crippen molar-refractivity contribution < 1.29 is 4.79 Å². The first-order valence-electron chi connectivity index (χ1n) is 9.67. The predicted octanol–water partition coefficient (Wildman–Crippen LogP) is 1.54. The second-order valence-electron chi connectivity index (χ2n) is 8.13. The number of fused-ring (bicyclic) bond motifs is 2. The van der Waals surface area contributed by atoms with Crippen molar-refractivity contribution in [3.05, 3.63) is 18.5 Å². The number of amides is 1. The van der Waals surface area contributed by atoms with E-state index >= 15 is 0 Å². The van der Waals surface area contributed by atoms with Gasteiger partial charge in [-0.2, -0.15) is 0 Å². The highest BCUT2D eigenvalue weighted by atomic mass is 16.2. The van der Waals surface area contributed by atoms with Gasteiger partial charge >= 0.3 is 0 Å². The molecule has 0 unspecified atom stereocenters. The first kappa shape index (κ1) is 16.8. The van der Waals surface area contributed by atoms with Crippen molar-refractivity contribution in [2.75, 3.05) is 37.6 Å². The molecule has 0 saturated carbocycles. The molecular weight excluding hydrogens is 314 g/mol. The van der Waals surface area contributed by atoms with Crippen LogP contribution in [0.15, 0.2) is 18.5 Å². The molecule has 1 amide bonds. The largest absolute Gasteiger partial charge is 0.350 e. The van der Waals surface area contributed by atoms with E-state index in [4.69, 9.17) is 0 Å². The number of aromatic nitrogens is 2. The van der Waals surface area contributed by atoms with Gasteiger partial charge in [0.25, 0.3) is 0 Å². The van der Waals surface area contributed by atoms with Crippen LogP contribution in [0.5, 0.6) is 0 Å². The van der Waals surface area contributed by atoms with Gasteiger partial charge in [0.15, 0.2) is 0 Å². The van der Waals surface area contributed by atoms with Crippen molar-refractivity contribution in [3.63, 3.8) is 0 Å². The second kappa shape index (κ2) is 6.56. The molecule has 0 aromatic carbocycles. The van der Waals surface area contributed by atoms with Gasteiger partial charge in [-0.1, -0.05) is 20.3 Å². The van der Waals surface area contributed by atoms with Crippen LogP contribution in [0, 0.1) is 17.8 Å². The lowest BCUT2D eigenvalue weighted by Crippen LogP contribution is -2.55. The zero-order chi connectivity index (χ0) is 17.4. The summed E-state index contributed by atoms with van der Waals surface area (Å²) in [5, 5.41) is 3.40. The lowest BCUT2D eigenvalue weighted by Gasteiger charge is -2.42. The highest BCUT2D eigenvalue weighted by Crippen LogP contribution is 2.44. The lowest BCUT2D eigenvalue weighted by atomic mass is 9.75. The Bertz CT molecular complexity index is 614. The van der Waals surface area contributed by atoms with E-state index in [-0.39, 0.29) is 17.4 Å². The summed E-state index contributed by atoms with van der Waals surface area (Å²) in [6.07, 6.45) is 6.79. The van der Waals surface area contributed by atoms with E-state index in [0.29, 0.717) is 11.8 Å². The molecule has 3 aliphatic heterocycles. The van der Waals surface area contributed by atoms with E-state index in [1.165, 1.54) is 6.42 Å². The number of carbonyl (C=O) groups excluding carboxylic acids is 1. The highest BCUT2D eigenvalue weighted by Gasteiger charge is 2.57. The Hall–Kier alpha value is -1.69. The summed E-state index contributed by atoms with van der Waals surface area (Å²) in [7, 11) is 0. The number of likely N-dealkylation sites (tertiary alicyclic amines) is 1. The van der Waals surface area contributed by atoms with Crippen LogP contribution in [0.3, 0.4) is 0 Å². The molecule has 1 aromatic rings. The molecule has 3 aliphatic rings. The first-order chi connectivity index (χ1) is 12.1. The van der Waals surface area contributed by atoms with Gasteiger partial charge in [-0.05, 0) is 24.8 Å². The molecule has 3 fully saturated rings. The molecule has 6 heteroatoms. The van der Waals surface area contributed by atoms with Crippen molar-refractivity contribution in [3.8, 4) is 0 Å². The average Bonchev–Trinajstić information content (AvgIpc) is 3.16. The maximum absolute atomic E-state index is 12.6. The quantitative estimate of drug-likeness (QED) is 0.899. The standard InChI is InChI=1S/C19H29N5O/c1-3-14(2)11-23-12-15-16(13-23)19(22-17(15)25)5-9-24(10-6-19)18-20-7-4-8-21-18/h4,7-8,14-16H,3,5-6,9-13H2,1-2H3,(H,22,25)/t14-,15+,16+/m0/s1. The molecule has 0 bridgehead atoms. The molecular formula is C19H29N5O. The molecule has 1 spiro atoms. The van der Waals surface area contributed by atoms with Gasteiger partial charge < -0.3 is 15.1 Å². The summed E-state index contributed by atoms with van der Waals surface area (Å²) < 4.78 is 0. The number of anilines is 1. The maximum Gasteiger partial charge on any atom is 0.225 e. The van der Waals surface area contributed by atoms with Crippen molar-refractivity contribution in [1.29, 1.82) is 0 Å². The first-order valence-corrected chi connectivity index (χ1v) is 9.67. The van der Waals surface area contributed by atoms with Crippen LogP contribution in [-0.2, 0) is 4.79 Å². The smallest absolute Gasteiger partial charge is 0.225 e. The van der Waals surface area contributed by atoms with Crippen LogP contribution >= 0.6 is 0 Å². The van der Waals surface area contributed by atoms with E-state index in [9.17, 15) is 4.79 Å². The third-order valence-corrected chi connectivity index (χ3v) is 6.57. The van der Waals surface area contributed by atoms with Crippen LogP contribution in [0.1, 0.15) is 33.1 Å². The van der Waals surface area contributed by atoms with Gasteiger partial charge in [0.05, 0.1) is 5.92 Å². The average molecular weight is 343 g/mol. The fraction of sp³-hybridized carbons (Fsp3) is 0.737. The van der Waals surface area contributed by atoms with Crippen LogP contribution < -0.4 is 10.2 Å². The number of carbonyl (C=O) groups is 1. The lowest BCUT2D eigenvalue weighted by molar-refractivity contribution is -0.123. The molecule has 3 atom stereocenters. The molecule has 0 radical (unpaired) electrons. The summed E-state index contributed by atoms with van der Waals surface area (Å²) in [5.41, 5.74) is -0.0166. The topological polar surface area (TPSA) is 61.4 Å². The van der Waals surface area contributed by atoms with Gasteiger partial charge in [-0.15, -0.1) is 0 Å².